The minimum atomic E-state index is -0.928. The minimum absolute atomic E-state index is 0.246. The molecule has 0 spiro atoms. The second-order valence-electron chi connectivity index (χ2n) is 5.20. The van der Waals surface area contributed by atoms with Gasteiger partial charge < -0.3 is 10.4 Å². The molecule has 1 aromatic carbocycles. The van der Waals surface area contributed by atoms with Crippen LogP contribution >= 0.6 is 0 Å². The van der Waals surface area contributed by atoms with Crippen LogP contribution in [0.25, 0.3) is 10.9 Å². The van der Waals surface area contributed by atoms with Gasteiger partial charge in [-0.2, -0.15) is 0 Å². The highest BCUT2D eigenvalue weighted by molar-refractivity contribution is 6.03. The number of aromatic nitrogens is 1. The molecule has 2 rings (SSSR count). The fraction of sp³-hybridized carbons (Fsp3) is 0.375. The van der Waals surface area contributed by atoms with Gasteiger partial charge in [-0.15, -0.1) is 0 Å². The Kier molecular flexibility index (Phi) is 4.23. The third-order valence-electron chi connectivity index (χ3n) is 3.82. The number of hydrogen-bond acceptors (Lipinski definition) is 3. The highest BCUT2D eigenvalue weighted by Crippen LogP contribution is 2.22. The molecule has 4 nitrogen and oxygen atoms in total. The van der Waals surface area contributed by atoms with E-state index in [0.29, 0.717) is 22.6 Å². The predicted octanol–water partition coefficient (Wildman–Crippen LogP) is 3.78. The molecule has 0 aliphatic carbocycles. The average molecular weight is 272 g/mol. The quantitative estimate of drug-likeness (QED) is 0.869. The van der Waals surface area contributed by atoms with E-state index in [0.717, 1.165) is 6.42 Å². The van der Waals surface area contributed by atoms with Crippen LogP contribution < -0.4 is 5.32 Å². The molecule has 0 saturated heterocycles. The lowest BCUT2D eigenvalue weighted by Gasteiger charge is -2.21. The third kappa shape index (κ3) is 2.90. The predicted molar refractivity (Wildman–Crippen MR) is 81.2 cm³/mol. The molecule has 20 heavy (non-hydrogen) atoms. The van der Waals surface area contributed by atoms with Crippen molar-refractivity contribution in [2.45, 2.75) is 33.2 Å². The summed E-state index contributed by atoms with van der Waals surface area (Å²) in [7, 11) is 0. The number of aromatic carboxylic acids is 1. The Bertz CT molecular complexity index is 625. The fourth-order valence-corrected chi connectivity index (χ4v) is 2.16. The van der Waals surface area contributed by atoms with E-state index in [4.69, 9.17) is 0 Å². The summed E-state index contributed by atoms with van der Waals surface area (Å²) in [6.07, 6.45) is 1.06. The number of nitrogens with one attached hydrogen (secondary N) is 1. The van der Waals surface area contributed by atoms with Gasteiger partial charge in [-0.3, -0.25) is 0 Å². The Morgan fingerprint density at radius 3 is 2.70 bits per heavy atom. The Balaban J connectivity index is 2.42. The van der Waals surface area contributed by atoms with Crippen LogP contribution in [-0.2, 0) is 0 Å². The summed E-state index contributed by atoms with van der Waals surface area (Å²) in [5.41, 5.74) is 0.987. The molecule has 2 aromatic rings. The number of carboxylic acids is 1. The molecule has 0 saturated carbocycles. The van der Waals surface area contributed by atoms with Crippen LogP contribution in [0.15, 0.2) is 30.3 Å². The van der Waals surface area contributed by atoms with Gasteiger partial charge >= 0.3 is 5.97 Å². The standard InChI is InChI=1S/C16H20N2O2/c1-4-10(2)11(3)17-15-9-13(16(19)20)12-7-5-6-8-14(12)18-15/h5-11H,4H2,1-3H3,(H,17,18)(H,19,20). The van der Waals surface area contributed by atoms with Crippen molar-refractivity contribution >= 4 is 22.7 Å². The maximum Gasteiger partial charge on any atom is 0.336 e. The Labute approximate surface area is 118 Å². The molecule has 4 heteroatoms. The monoisotopic (exact) mass is 272 g/mol. The summed E-state index contributed by atoms with van der Waals surface area (Å²) in [5.74, 6) is 0.188. The lowest BCUT2D eigenvalue weighted by atomic mass is 10.0. The summed E-state index contributed by atoms with van der Waals surface area (Å²) < 4.78 is 0. The van der Waals surface area contributed by atoms with Crippen LogP contribution in [0.3, 0.4) is 0 Å². The van der Waals surface area contributed by atoms with Crippen LogP contribution in [0.1, 0.15) is 37.6 Å². The SMILES string of the molecule is CCC(C)C(C)Nc1cc(C(=O)O)c2ccccc2n1. The molecule has 2 unspecified atom stereocenters. The molecule has 0 fully saturated rings. The molecule has 2 N–H and O–H groups in total. The zero-order chi connectivity index (χ0) is 14.7. The normalized spacial score (nSPS) is 13.9. The van der Waals surface area contributed by atoms with Crippen molar-refractivity contribution < 1.29 is 9.90 Å². The number of para-hydroxylation sites is 1. The van der Waals surface area contributed by atoms with Gasteiger partial charge in [0.25, 0.3) is 0 Å². The second-order valence-corrected chi connectivity index (χ2v) is 5.20. The zero-order valence-corrected chi connectivity index (χ0v) is 12.1. The number of benzene rings is 1. The van der Waals surface area contributed by atoms with Crippen LogP contribution in [0.4, 0.5) is 5.82 Å². The summed E-state index contributed by atoms with van der Waals surface area (Å²) in [4.78, 5) is 15.9. The number of fused-ring (bicyclic) bond motifs is 1. The van der Waals surface area contributed by atoms with Crippen LogP contribution in [0, 0.1) is 5.92 Å². The van der Waals surface area contributed by atoms with Crippen LogP contribution in [-0.4, -0.2) is 22.1 Å². The lowest BCUT2D eigenvalue weighted by molar-refractivity contribution is 0.0699. The van der Waals surface area contributed by atoms with Crippen molar-refractivity contribution in [3.8, 4) is 0 Å². The number of pyridine rings is 1. The summed E-state index contributed by atoms with van der Waals surface area (Å²) >= 11 is 0. The van der Waals surface area contributed by atoms with Gasteiger partial charge in [0.2, 0.25) is 0 Å². The number of rotatable bonds is 5. The second kappa shape index (κ2) is 5.90. The Morgan fingerprint density at radius 2 is 2.05 bits per heavy atom. The molecular formula is C16H20N2O2. The lowest BCUT2D eigenvalue weighted by Crippen LogP contribution is -2.24. The number of hydrogen-bond donors (Lipinski definition) is 2. The fourth-order valence-electron chi connectivity index (χ4n) is 2.16. The van der Waals surface area contributed by atoms with Crippen molar-refractivity contribution in [2.75, 3.05) is 5.32 Å². The topological polar surface area (TPSA) is 62.2 Å². The van der Waals surface area contributed by atoms with Gasteiger partial charge in [-0.05, 0) is 25.0 Å². The van der Waals surface area contributed by atoms with E-state index in [2.05, 4.69) is 31.1 Å². The van der Waals surface area contributed by atoms with Gasteiger partial charge in [-0.1, -0.05) is 38.5 Å². The van der Waals surface area contributed by atoms with E-state index in [-0.39, 0.29) is 11.6 Å². The summed E-state index contributed by atoms with van der Waals surface area (Å²) in [6, 6.07) is 9.17. The molecule has 0 amide bonds. The molecule has 0 aliphatic heterocycles. The molecule has 0 bridgehead atoms. The third-order valence-corrected chi connectivity index (χ3v) is 3.82. The molecule has 1 aromatic heterocycles. The minimum Gasteiger partial charge on any atom is -0.478 e. The van der Waals surface area contributed by atoms with Gasteiger partial charge in [-0.25, -0.2) is 9.78 Å². The van der Waals surface area contributed by atoms with E-state index < -0.39 is 5.97 Å². The molecule has 0 radical (unpaired) electrons. The zero-order valence-electron chi connectivity index (χ0n) is 12.1. The smallest absolute Gasteiger partial charge is 0.336 e. The number of carboxylic acid groups (broad SMARTS) is 1. The number of nitrogens with zero attached hydrogens (tertiary/aromatic N) is 1. The number of anilines is 1. The Hall–Kier alpha value is -2.10. The van der Waals surface area contributed by atoms with Crippen LogP contribution in [0.2, 0.25) is 0 Å². The van der Waals surface area contributed by atoms with Crippen LogP contribution in [0.5, 0.6) is 0 Å². The van der Waals surface area contributed by atoms with Crippen molar-refractivity contribution in [3.63, 3.8) is 0 Å². The first kappa shape index (κ1) is 14.3. The summed E-state index contributed by atoms with van der Waals surface area (Å²) in [5, 5.41) is 13.3. The van der Waals surface area contributed by atoms with Gasteiger partial charge in [0.15, 0.2) is 0 Å². The van der Waals surface area contributed by atoms with Gasteiger partial charge in [0.1, 0.15) is 5.82 Å². The van der Waals surface area contributed by atoms with E-state index >= 15 is 0 Å². The maximum absolute atomic E-state index is 11.4. The first-order valence-electron chi connectivity index (χ1n) is 6.92. The van der Waals surface area contributed by atoms with Crippen molar-refractivity contribution in [1.82, 2.24) is 4.98 Å². The molecule has 106 valence electrons. The first-order chi connectivity index (χ1) is 9.52. The van der Waals surface area contributed by atoms with E-state index in [1.54, 1.807) is 12.1 Å². The van der Waals surface area contributed by atoms with E-state index in [1.165, 1.54) is 0 Å². The van der Waals surface area contributed by atoms with Crippen molar-refractivity contribution in [3.05, 3.63) is 35.9 Å². The first-order valence-corrected chi connectivity index (χ1v) is 6.92. The van der Waals surface area contributed by atoms with Gasteiger partial charge in [0.05, 0.1) is 11.1 Å². The molecule has 0 aliphatic rings. The molecule has 2 atom stereocenters. The molecule has 1 heterocycles. The highest BCUT2D eigenvalue weighted by atomic mass is 16.4. The average Bonchev–Trinajstić information content (AvgIpc) is 2.45. The number of carbonyl (C=O) groups is 1. The van der Waals surface area contributed by atoms with Gasteiger partial charge in [0, 0.05) is 11.4 Å². The highest BCUT2D eigenvalue weighted by Gasteiger charge is 2.14. The Morgan fingerprint density at radius 1 is 1.35 bits per heavy atom. The van der Waals surface area contributed by atoms with E-state index in [1.807, 2.05) is 18.2 Å². The van der Waals surface area contributed by atoms with Crippen molar-refractivity contribution in [2.24, 2.45) is 5.92 Å². The van der Waals surface area contributed by atoms with Crippen molar-refractivity contribution in [1.29, 1.82) is 0 Å². The largest absolute Gasteiger partial charge is 0.478 e. The maximum atomic E-state index is 11.4. The molecular weight excluding hydrogens is 252 g/mol. The van der Waals surface area contributed by atoms with E-state index in [9.17, 15) is 9.90 Å². The summed E-state index contributed by atoms with van der Waals surface area (Å²) in [6.45, 7) is 6.39.